The van der Waals surface area contributed by atoms with Gasteiger partial charge in [-0.15, -0.1) is 23.1 Å². The summed E-state index contributed by atoms with van der Waals surface area (Å²) in [5.74, 6) is 0.945. The van der Waals surface area contributed by atoms with Crippen molar-refractivity contribution in [3.63, 3.8) is 0 Å². The quantitative estimate of drug-likeness (QED) is 0.421. The van der Waals surface area contributed by atoms with Gasteiger partial charge in [-0.3, -0.25) is 0 Å². The molecule has 5 rings (SSSR count). The van der Waals surface area contributed by atoms with Crippen molar-refractivity contribution in [3.05, 3.63) is 80.5 Å². The molecule has 0 radical (unpaired) electrons. The molecule has 2 aliphatic rings. The molecule has 3 nitrogen and oxygen atoms in total. The smallest absolute Gasteiger partial charge is 0.213 e. The molecule has 27 heavy (non-hydrogen) atoms. The summed E-state index contributed by atoms with van der Waals surface area (Å²) in [4.78, 5) is 2.48. The molecule has 136 valence electrons. The lowest BCUT2D eigenvalue weighted by Gasteiger charge is -2.38. The van der Waals surface area contributed by atoms with Crippen LogP contribution in [0.4, 0.5) is 0 Å². The van der Waals surface area contributed by atoms with Crippen molar-refractivity contribution in [2.24, 2.45) is 5.10 Å². The third-order valence-corrected chi connectivity index (χ3v) is 7.11. The van der Waals surface area contributed by atoms with Crippen molar-refractivity contribution in [3.8, 4) is 5.75 Å². The summed E-state index contributed by atoms with van der Waals surface area (Å²) in [7, 11) is 0. The number of nitrogens with zero attached hydrogens (tertiary/aromatic N) is 2. The Kier molecular flexibility index (Phi) is 4.50. The molecule has 2 aliphatic heterocycles. The Hall–Kier alpha value is -1.76. The second-order valence-electron chi connectivity index (χ2n) is 6.55. The Labute approximate surface area is 175 Å². The van der Waals surface area contributed by atoms with Gasteiger partial charge < -0.3 is 4.74 Å². The van der Waals surface area contributed by atoms with E-state index in [1.54, 1.807) is 23.1 Å². The molecule has 6 heteroatoms. The van der Waals surface area contributed by atoms with E-state index in [-0.39, 0.29) is 12.3 Å². The lowest BCUT2D eigenvalue weighted by molar-refractivity contribution is -0.0191. The maximum absolute atomic E-state index is 6.42. The standard InChI is InChI=1S/C21H17BrN2OS2/c1-26-15-7-4-13(5-8-15)21-24-18(12-17(23-24)20-3-2-10-27-20)16-11-14(22)6-9-19(16)25-21/h2-11,18,21H,12H2,1H3. The molecule has 2 unspecified atom stereocenters. The fraction of sp³-hybridized carbons (Fsp3) is 0.190. The molecule has 0 saturated carbocycles. The van der Waals surface area contributed by atoms with Gasteiger partial charge in [-0.1, -0.05) is 34.1 Å². The summed E-state index contributed by atoms with van der Waals surface area (Å²) in [6.45, 7) is 0. The van der Waals surface area contributed by atoms with E-state index in [9.17, 15) is 0 Å². The number of rotatable bonds is 3. The predicted octanol–water partition coefficient (Wildman–Crippen LogP) is 6.47. The fourth-order valence-corrected chi connectivity index (χ4v) is 5.15. The van der Waals surface area contributed by atoms with E-state index in [1.165, 1.54) is 15.3 Å². The molecule has 0 aliphatic carbocycles. The minimum atomic E-state index is -0.211. The molecular weight excluding hydrogens is 440 g/mol. The van der Waals surface area contributed by atoms with E-state index in [4.69, 9.17) is 9.84 Å². The van der Waals surface area contributed by atoms with Gasteiger partial charge in [0.1, 0.15) is 5.75 Å². The third kappa shape index (κ3) is 3.10. The van der Waals surface area contributed by atoms with Crippen LogP contribution in [0.3, 0.4) is 0 Å². The first-order valence-corrected chi connectivity index (χ1v) is 11.6. The average Bonchev–Trinajstić information content (AvgIpc) is 3.37. The summed E-state index contributed by atoms with van der Waals surface area (Å²) < 4.78 is 7.49. The first kappa shape index (κ1) is 17.3. The highest BCUT2D eigenvalue weighted by Gasteiger charge is 2.41. The highest BCUT2D eigenvalue weighted by atomic mass is 79.9. The van der Waals surface area contributed by atoms with Crippen LogP contribution < -0.4 is 4.74 Å². The summed E-state index contributed by atoms with van der Waals surface area (Å²) in [6, 6.07) is 19.3. The Morgan fingerprint density at radius 3 is 2.78 bits per heavy atom. The number of hydrogen-bond donors (Lipinski definition) is 0. The number of halogens is 1. The van der Waals surface area contributed by atoms with Gasteiger partial charge in [-0.2, -0.15) is 5.10 Å². The van der Waals surface area contributed by atoms with Crippen molar-refractivity contribution in [1.82, 2.24) is 5.01 Å². The van der Waals surface area contributed by atoms with Crippen LogP contribution in [0.2, 0.25) is 0 Å². The number of hydrazone groups is 1. The van der Waals surface area contributed by atoms with Crippen LogP contribution in [0.1, 0.15) is 34.7 Å². The topological polar surface area (TPSA) is 24.8 Å². The Bertz CT molecular complexity index is 1000. The van der Waals surface area contributed by atoms with E-state index < -0.39 is 0 Å². The number of thiophene rings is 1. The lowest BCUT2D eigenvalue weighted by atomic mass is 9.98. The molecule has 0 N–H and O–H groups in total. The Balaban J connectivity index is 1.59. The van der Waals surface area contributed by atoms with Crippen LogP contribution in [0.5, 0.6) is 5.75 Å². The van der Waals surface area contributed by atoms with Crippen molar-refractivity contribution in [2.45, 2.75) is 23.6 Å². The second kappa shape index (κ2) is 7.00. The van der Waals surface area contributed by atoms with Crippen molar-refractivity contribution >= 4 is 44.7 Å². The van der Waals surface area contributed by atoms with Gasteiger partial charge in [0.05, 0.1) is 16.6 Å². The molecule has 0 fully saturated rings. The number of thioether (sulfide) groups is 1. The maximum Gasteiger partial charge on any atom is 0.213 e. The number of ether oxygens (including phenoxy) is 1. The first-order valence-electron chi connectivity index (χ1n) is 8.72. The van der Waals surface area contributed by atoms with Gasteiger partial charge in [0, 0.05) is 26.9 Å². The Morgan fingerprint density at radius 2 is 2.04 bits per heavy atom. The fourth-order valence-electron chi connectivity index (χ4n) is 3.64. The Morgan fingerprint density at radius 1 is 1.19 bits per heavy atom. The minimum absolute atomic E-state index is 0.188. The van der Waals surface area contributed by atoms with Crippen LogP contribution in [-0.4, -0.2) is 17.0 Å². The predicted molar refractivity (Wildman–Crippen MR) is 116 cm³/mol. The highest BCUT2D eigenvalue weighted by molar-refractivity contribution is 9.10. The summed E-state index contributed by atoms with van der Waals surface area (Å²) >= 11 is 7.09. The van der Waals surface area contributed by atoms with Gasteiger partial charge in [-0.25, -0.2) is 5.01 Å². The summed E-state index contributed by atoms with van der Waals surface area (Å²) in [5, 5.41) is 9.24. The average molecular weight is 457 g/mol. The second-order valence-corrected chi connectivity index (χ2v) is 9.29. The van der Waals surface area contributed by atoms with E-state index >= 15 is 0 Å². The van der Waals surface area contributed by atoms with Gasteiger partial charge in [0.2, 0.25) is 6.23 Å². The van der Waals surface area contributed by atoms with Crippen molar-refractivity contribution in [2.75, 3.05) is 6.26 Å². The van der Waals surface area contributed by atoms with E-state index in [1.807, 2.05) is 6.07 Å². The summed E-state index contributed by atoms with van der Waals surface area (Å²) in [5.41, 5.74) is 3.45. The van der Waals surface area contributed by atoms with E-state index in [0.29, 0.717) is 0 Å². The third-order valence-electron chi connectivity index (χ3n) is 4.96. The molecule has 0 bridgehead atoms. The highest BCUT2D eigenvalue weighted by Crippen LogP contribution is 2.48. The monoisotopic (exact) mass is 456 g/mol. The van der Waals surface area contributed by atoms with Gasteiger partial charge >= 0.3 is 0 Å². The number of fused-ring (bicyclic) bond motifs is 3. The molecule has 2 atom stereocenters. The van der Waals surface area contributed by atoms with Crippen LogP contribution in [0, 0.1) is 0 Å². The molecular formula is C21H17BrN2OS2. The van der Waals surface area contributed by atoms with Gasteiger partial charge in [0.25, 0.3) is 0 Å². The molecule has 1 aromatic heterocycles. The molecule has 0 spiro atoms. The largest absolute Gasteiger partial charge is 0.464 e. The molecule has 3 aromatic rings. The minimum Gasteiger partial charge on any atom is -0.464 e. The van der Waals surface area contributed by atoms with Crippen LogP contribution in [0.15, 0.2) is 74.4 Å². The molecule has 3 heterocycles. The number of hydrogen-bond acceptors (Lipinski definition) is 5. The van der Waals surface area contributed by atoms with Crippen molar-refractivity contribution in [1.29, 1.82) is 0 Å². The van der Waals surface area contributed by atoms with Crippen LogP contribution >= 0.6 is 39.0 Å². The number of benzene rings is 2. The molecule has 0 amide bonds. The normalized spacial score (nSPS) is 20.7. The zero-order chi connectivity index (χ0) is 18.4. The van der Waals surface area contributed by atoms with Crippen molar-refractivity contribution < 1.29 is 4.74 Å². The summed E-state index contributed by atoms with van der Waals surface area (Å²) in [6.07, 6.45) is 2.78. The van der Waals surface area contributed by atoms with Crippen LogP contribution in [0.25, 0.3) is 0 Å². The van der Waals surface area contributed by atoms with E-state index in [0.717, 1.165) is 27.9 Å². The SMILES string of the molecule is CSc1ccc(C2Oc3ccc(Br)cc3C3CC(c4cccs4)=NN32)cc1. The molecule has 2 aromatic carbocycles. The van der Waals surface area contributed by atoms with Crippen LogP contribution in [-0.2, 0) is 0 Å². The zero-order valence-corrected chi connectivity index (χ0v) is 17.9. The first-order chi connectivity index (χ1) is 13.2. The van der Waals surface area contributed by atoms with E-state index in [2.05, 4.69) is 81.1 Å². The van der Waals surface area contributed by atoms with Gasteiger partial charge in [-0.05, 0) is 48.0 Å². The molecule has 0 saturated heterocycles. The van der Waals surface area contributed by atoms with Gasteiger partial charge in [0.15, 0.2) is 0 Å². The maximum atomic E-state index is 6.42. The zero-order valence-electron chi connectivity index (χ0n) is 14.6. The lowest BCUT2D eigenvalue weighted by Crippen LogP contribution is -2.33.